The van der Waals surface area contributed by atoms with Gasteiger partial charge in [-0.2, -0.15) is 0 Å². The predicted octanol–water partition coefficient (Wildman–Crippen LogP) is 4.85. The zero-order chi connectivity index (χ0) is 15.0. The maximum atomic E-state index is 12.6. The van der Waals surface area contributed by atoms with Crippen LogP contribution in [0.15, 0.2) is 29.6 Å². The second kappa shape index (κ2) is 5.45. The highest BCUT2D eigenvalue weighted by molar-refractivity contribution is 7.17. The van der Waals surface area contributed by atoms with E-state index in [4.69, 9.17) is 0 Å². The zero-order valence-corrected chi connectivity index (χ0v) is 13.8. The Labute approximate surface area is 130 Å². The van der Waals surface area contributed by atoms with Crippen molar-refractivity contribution in [3.63, 3.8) is 0 Å². The summed E-state index contributed by atoms with van der Waals surface area (Å²) >= 11 is 1.64. The van der Waals surface area contributed by atoms with E-state index in [1.54, 1.807) is 11.3 Å². The number of carbonyl (C=O) groups is 1. The third-order valence-electron chi connectivity index (χ3n) is 4.45. The molecular weight excluding hydrogens is 278 g/mol. The van der Waals surface area contributed by atoms with E-state index in [2.05, 4.69) is 32.2 Å². The van der Waals surface area contributed by atoms with Crippen LogP contribution in [0, 0.1) is 11.3 Å². The molecule has 21 heavy (non-hydrogen) atoms. The van der Waals surface area contributed by atoms with Gasteiger partial charge in [-0.05, 0) is 36.7 Å². The lowest BCUT2D eigenvalue weighted by atomic mass is 9.70. The van der Waals surface area contributed by atoms with E-state index in [0.717, 1.165) is 23.8 Å². The molecule has 1 aromatic carbocycles. The lowest BCUT2D eigenvalue weighted by molar-refractivity contribution is 0.0876. The quantitative estimate of drug-likeness (QED) is 0.844. The molecule has 1 N–H and O–H groups in total. The predicted molar refractivity (Wildman–Crippen MR) is 89.9 cm³/mol. The molecule has 1 aliphatic rings. The third kappa shape index (κ3) is 3.13. The summed E-state index contributed by atoms with van der Waals surface area (Å²) < 4.78 is 1.18. The molecule has 0 aliphatic heterocycles. The molecule has 0 saturated heterocycles. The Hall–Kier alpha value is -1.35. The van der Waals surface area contributed by atoms with Crippen molar-refractivity contribution in [2.75, 3.05) is 0 Å². The van der Waals surface area contributed by atoms with Crippen LogP contribution in [0.2, 0.25) is 0 Å². The van der Waals surface area contributed by atoms with Gasteiger partial charge in [0.25, 0.3) is 5.91 Å². The molecule has 1 saturated carbocycles. The highest BCUT2D eigenvalue weighted by Gasteiger charge is 2.33. The maximum absolute atomic E-state index is 12.6. The van der Waals surface area contributed by atoms with Crippen LogP contribution < -0.4 is 5.32 Å². The molecule has 0 spiro atoms. The van der Waals surface area contributed by atoms with Crippen LogP contribution >= 0.6 is 11.3 Å². The number of thiophene rings is 1. The summed E-state index contributed by atoms with van der Waals surface area (Å²) in [5.74, 6) is 0.764. The molecule has 1 fully saturated rings. The van der Waals surface area contributed by atoms with Crippen molar-refractivity contribution < 1.29 is 4.79 Å². The van der Waals surface area contributed by atoms with Crippen LogP contribution in [0.4, 0.5) is 0 Å². The van der Waals surface area contributed by atoms with E-state index in [1.165, 1.54) is 11.1 Å². The minimum Gasteiger partial charge on any atom is -0.349 e. The molecule has 3 heteroatoms. The van der Waals surface area contributed by atoms with E-state index < -0.39 is 0 Å². The van der Waals surface area contributed by atoms with Gasteiger partial charge in [0.15, 0.2) is 0 Å². The van der Waals surface area contributed by atoms with Gasteiger partial charge in [-0.25, -0.2) is 0 Å². The molecule has 2 atom stereocenters. The van der Waals surface area contributed by atoms with Gasteiger partial charge in [-0.3, -0.25) is 4.79 Å². The van der Waals surface area contributed by atoms with Gasteiger partial charge in [-0.1, -0.05) is 39.0 Å². The normalized spacial score (nSPS) is 24.9. The number of nitrogens with one attached hydrogen (secondary N) is 1. The second-order valence-corrected chi connectivity index (χ2v) is 8.14. The number of hydrogen-bond donors (Lipinski definition) is 1. The molecule has 0 radical (unpaired) electrons. The van der Waals surface area contributed by atoms with E-state index in [9.17, 15) is 4.79 Å². The standard InChI is InChI=1S/C18H23NOS/c1-12-8-13(10-18(2,3)9-12)19-17(20)15-11-21-16-7-5-4-6-14(15)16/h4-7,11-13H,8-10H2,1-3H3,(H,19,20)/t12-,13-/m0/s1. The fourth-order valence-corrected chi connectivity index (χ4v) is 4.81. The van der Waals surface area contributed by atoms with Gasteiger partial charge in [0, 0.05) is 21.5 Å². The average molecular weight is 301 g/mol. The Morgan fingerprint density at radius 2 is 2.05 bits per heavy atom. The van der Waals surface area contributed by atoms with Crippen LogP contribution in [0.5, 0.6) is 0 Å². The van der Waals surface area contributed by atoms with Crippen LogP contribution in [-0.4, -0.2) is 11.9 Å². The number of hydrogen-bond acceptors (Lipinski definition) is 2. The van der Waals surface area contributed by atoms with Gasteiger partial charge < -0.3 is 5.32 Å². The van der Waals surface area contributed by atoms with E-state index >= 15 is 0 Å². The molecule has 1 amide bonds. The molecule has 1 aliphatic carbocycles. The number of fused-ring (bicyclic) bond motifs is 1. The SMILES string of the molecule is C[C@H]1C[C@H](NC(=O)c2csc3ccccc23)CC(C)(C)C1. The minimum atomic E-state index is 0.0855. The molecule has 0 bridgehead atoms. The third-order valence-corrected chi connectivity index (χ3v) is 5.41. The lowest BCUT2D eigenvalue weighted by Crippen LogP contribution is -2.42. The molecule has 0 unspecified atom stereocenters. The molecule has 1 aromatic heterocycles. The summed E-state index contributed by atoms with van der Waals surface area (Å²) in [5, 5.41) is 6.32. The van der Waals surface area contributed by atoms with Crippen molar-refractivity contribution >= 4 is 27.3 Å². The van der Waals surface area contributed by atoms with Gasteiger partial charge in [-0.15, -0.1) is 11.3 Å². The molecule has 3 rings (SSSR count). The number of rotatable bonds is 2. The largest absolute Gasteiger partial charge is 0.349 e. The Morgan fingerprint density at radius 1 is 1.29 bits per heavy atom. The van der Waals surface area contributed by atoms with Crippen LogP contribution in [0.25, 0.3) is 10.1 Å². The van der Waals surface area contributed by atoms with E-state index in [1.807, 2.05) is 23.6 Å². The zero-order valence-electron chi connectivity index (χ0n) is 13.0. The highest BCUT2D eigenvalue weighted by Crippen LogP contribution is 2.38. The Kier molecular flexibility index (Phi) is 3.78. The monoisotopic (exact) mass is 301 g/mol. The highest BCUT2D eigenvalue weighted by atomic mass is 32.1. The van der Waals surface area contributed by atoms with Crippen molar-refractivity contribution in [3.05, 3.63) is 35.2 Å². The van der Waals surface area contributed by atoms with Gasteiger partial charge >= 0.3 is 0 Å². The van der Waals surface area contributed by atoms with Gasteiger partial charge in [0.2, 0.25) is 0 Å². The first-order valence-electron chi connectivity index (χ1n) is 7.72. The fraction of sp³-hybridized carbons (Fsp3) is 0.500. The first-order valence-corrected chi connectivity index (χ1v) is 8.60. The van der Waals surface area contributed by atoms with Crippen molar-refractivity contribution in [2.45, 2.75) is 46.1 Å². The summed E-state index contributed by atoms with van der Waals surface area (Å²) in [5.41, 5.74) is 1.15. The second-order valence-electron chi connectivity index (χ2n) is 7.23. The Balaban J connectivity index is 1.77. The molecule has 1 heterocycles. The van der Waals surface area contributed by atoms with Crippen molar-refractivity contribution in [3.8, 4) is 0 Å². The Morgan fingerprint density at radius 3 is 2.81 bits per heavy atom. The molecular formula is C18H23NOS. The first-order chi connectivity index (χ1) is 9.94. The number of carbonyl (C=O) groups excluding carboxylic acids is 1. The maximum Gasteiger partial charge on any atom is 0.252 e. The van der Waals surface area contributed by atoms with Crippen molar-refractivity contribution in [1.29, 1.82) is 0 Å². The fourth-order valence-electron chi connectivity index (χ4n) is 3.87. The smallest absolute Gasteiger partial charge is 0.252 e. The van der Waals surface area contributed by atoms with Gasteiger partial charge in [0.05, 0.1) is 5.56 Å². The number of benzene rings is 1. The van der Waals surface area contributed by atoms with E-state index in [0.29, 0.717) is 17.4 Å². The lowest BCUT2D eigenvalue weighted by Gasteiger charge is -2.39. The summed E-state index contributed by atoms with van der Waals surface area (Å²) in [7, 11) is 0. The average Bonchev–Trinajstić information content (AvgIpc) is 2.79. The van der Waals surface area contributed by atoms with Crippen molar-refractivity contribution in [2.24, 2.45) is 11.3 Å². The Bertz CT molecular complexity index is 658. The first kappa shape index (κ1) is 14.6. The summed E-state index contributed by atoms with van der Waals surface area (Å²) in [6, 6.07) is 8.43. The summed E-state index contributed by atoms with van der Waals surface area (Å²) in [4.78, 5) is 12.6. The van der Waals surface area contributed by atoms with Crippen LogP contribution in [0.3, 0.4) is 0 Å². The minimum absolute atomic E-state index is 0.0855. The van der Waals surface area contributed by atoms with Crippen molar-refractivity contribution in [1.82, 2.24) is 5.32 Å². The van der Waals surface area contributed by atoms with Crippen LogP contribution in [0.1, 0.15) is 50.4 Å². The topological polar surface area (TPSA) is 29.1 Å². The number of amides is 1. The van der Waals surface area contributed by atoms with Crippen LogP contribution in [-0.2, 0) is 0 Å². The van der Waals surface area contributed by atoms with Gasteiger partial charge in [0.1, 0.15) is 0 Å². The summed E-state index contributed by atoms with van der Waals surface area (Å²) in [6.07, 6.45) is 3.42. The van der Waals surface area contributed by atoms with E-state index in [-0.39, 0.29) is 5.91 Å². The molecule has 2 nitrogen and oxygen atoms in total. The molecule has 112 valence electrons. The molecule has 2 aromatic rings. The summed E-state index contributed by atoms with van der Waals surface area (Å²) in [6.45, 7) is 6.91.